The first-order valence-electron chi connectivity index (χ1n) is 10.7. The van der Waals surface area contributed by atoms with Crippen molar-refractivity contribution in [2.75, 3.05) is 14.2 Å². The zero-order valence-electron chi connectivity index (χ0n) is 19.5. The third kappa shape index (κ3) is 3.62. The Hall–Kier alpha value is -3.32. The molecule has 1 unspecified atom stereocenters. The average molecular weight is 435 g/mol. The van der Waals surface area contributed by atoms with Gasteiger partial charge in [-0.05, 0) is 62.9 Å². The zero-order valence-corrected chi connectivity index (χ0v) is 19.5. The second kappa shape index (κ2) is 8.31. The summed E-state index contributed by atoms with van der Waals surface area (Å²) >= 11 is 0. The van der Waals surface area contributed by atoms with Crippen molar-refractivity contribution < 1.29 is 9.47 Å². The third-order valence-electron chi connectivity index (χ3n) is 6.00. The van der Waals surface area contributed by atoms with Crippen LogP contribution in [0.4, 0.5) is 5.69 Å². The highest BCUT2D eigenvalue weighted by atomic mass is 16.5. The number of nitrogens with zero attached hydrogens (tertiary/aromatic N) is 3. The van der Waals surface area contributed by atoms with Gasteiger partial charge in [-0.15, -0.1) is 0 Å². The zero-order chi connectivity index (χ0) is 23.2. The van der Waals surface area contributed by atoms with E-state index in [1.807, 2.05) is 32.0 Å². The molecule has 4 rings (SSSR count). The molecule has 0 bridgehead atoms. The van der Waals surface area contributed by atoms with Crippen LogP contribution in [0.5, 0.6) is 11.5 Å². The fourth-order valence-corrected chi connectivity index (χ4v) is 4.57. The third-order valence-corrected chi connectivity index (χ3v) is 6.00. The van der Waals surface area contributed by atoms with E-state index in [2.05, 4.69) is 19.1 Å². The van der Waals surface area contributed by atoms with Gasteiger partial charge in [-0.3, -0.25) is 9.13 Å². The number of aryl methyl sites for hydroxylation is 4. The number of nitrogens with two attached hydrogens (primary N) is 1. The van der Waals surface area contributed by atoms with Crippen molar-refractivity contribution in [3.8, 4) is 22.8 Å². The molecule has 2 aromatic carbocycles. The van der Waals surface area contributed by atoms with Crippen LogP contribution in [0.15, 0.2) is 40.1 Å². The fraction of sp³-hybridized carbons (Fsp3) is 0.360. The van der Waals surface area contributed by atoms with Crippen molar-refractivity contribution in [1.82, 2.24) is 9.13 Å². The topological polar surface area (TPSA) is 83.8 Å². The van der Waals surface area contributed by atoms with Crippen LogP contribution in [-0.2, 0) is 13.0 Å². The van der Waals surface area contributed by atoms with E-state index in [0.717, 1.165) is 33.6 Å². The highest BCUT2D eigenvalue weighted by molar-refractivity contribution is 5.70. The molecule has 0 amide bonds. The van der Waals surface area contributed by atoms with Crippen LogP contribution < -0.4 is 26.4 Å². The van der Waals surface area contributed by atoms with E-state index in [0.29, 0.717) is 30.0 Å². The lowest BCUT2D eigenvalue weighted by atomic mass is 9.97. The Morgan fingerprint density at radius 1 is 1.00 bits per heavy atom. The van der Waals surface area contributed by atoms with Crippen molar-refractivity contribution in [2.45, 2.75) is 46.8 Å². The van der Waals surface area contributed by atoms with Gasteiger partial charge in [-0.1, -0.05) is 17.7 Å². The minimum atomic E-state index is -0.517. The molecule has 0 spiro atoms. The van der Waals surface area contributed by atoms with Crippen LogP contribution >= 0.6 is 0 Å². The molecule has 168 valence electrons. The fourth-order valence-electron chi connectivity index (χ4n) is 4.57. The molecule has 1 aromatic heterocycles. The molecule has 7 heteroatoms. The predicted molar refractivity (Wildman–Crippen MR) is 126 cm³/mol. The van der Waals surface area contributed by atoms with E-state index in [4.69, 9.17) is 20.2 Å². The molecule has 0 fully saturated rings. The second-order valence-corrected chi connectivity index (χ2v) is 8.41. The quantitative estimate of drug-likeness (QED) is 0.681. The van der Waals surface area contributed by atoms with Gasteiger partial charge < -0.3 is 15.2 Å². The van der Waals surface area contributed by atoms with Crippen LogP contribution in [0.2, 0.25) is 0 Å². The maximum atomic E-state index is 13.5. The molecular weight excluding hydrogens is 404 g/mol. The van der Waals surface area contributed by atoms with E-state index in [9.17, 15) is 4.79 Å². The minimum absolute atomic E-state index is 0.167. The number of methoxy groups -OCH3 is 2. The number of fused-ring (bicyclic) bond motifs is 3. The Morgan fingerprint density at radius 2 is 1.62 bits per heavy atom. The van der Waals surface area contributed by atoms with Crippen LogP contribution in [-0.4, -0.2) is 23.4 Å². The standard InChI is InChI=1S/C25H30N4O3/c1-14-9-15(2)24(16(3)10-14)27-23-13-20-19-12-22(32-6)21(31-5)11-18(19)7-8-28(20)25(30)29(23)17(4)26/h9-13,17H,7-8,26H2,1-6H3. The second-order valence-electron chi connectivity index (χ2n) is 8.41. The van der Waals surface area contributed by atoms with Gasteiger partial charge in [0.2, 0.25) is 0 Å². The number of benzene rings is 2. The van der Waals surface area contributed by atoms with Crippen LogP contribution in [0.3, 0.4) is 0 Å². The summed E-state index contributed by atoms with van der Waals surface area (Å²) in [7, 11) is 3.24. The van der Waals surface area contributed by atoms with Crippen LogP contribution in [0.1, 0.15) is 35.3 Å². The van der Waals surface area contributed by atoms with Crippen molar-refractivity contribution in [3.05, 3.63) is 68.6 Å². The van der Waals surface area contributed by atoms with Crippen molar-refractivity contribution in [1.29, 1.82) is 0 Å². The van der Waals surface area contributed by atoms with E-state index in [-0.39, 0.29) is 5.69 Å². The smallest absolute Gasteiger partial charge is 0.331 e. The summed E-state index contributed by atoms with van der Waals surface area (Å²) < 4.78 is 14.3. The number of hydrogen-bond acceptors (Lipinski definition) is 5. The molecule has 2 N–H and O–H groups in total. The minimum Gasteiger partial charge on any atom is -0.493 e. The van der Waals surface area contributed by atoms with Gasteiger partial charge in [0, 0.05) is 18.2 Å². The van der Waals surface area contributed by atoms with Gasteiger partial charge in [-0.25, -0.2) is 9.79 Å². The molecule has 1 aliphatic rings. The SMILES string of the molecule is COc1cc2c(cc1OC)-c1cc(=Nc3c(C)cc(C)cc3C)n(C(C)N)c(=O)n1CC2. The Balaban J connectivity index is 2.05. The first kappa shape index (κ1) is 21.9. The summed E-state index contributed by atoms with van der Waals surface area (Å²) in [5.41, 5.74) is 13.6. The number of hydrogen-bond donors (Lipinski definition) is 1. The maximum Gasteiger partial charge on any atom is 0.331 e. The van der Waals surface area contributed by atoms with E-state index >= 15 is 0 Å². The number of aromatic nitrogens is 2. The molecule has 0 aliphatic carbocycles. The van der Waals surface area contributed by atoms with Gasteiger partial charge >= 0.3 is 5.69 Å². The average Bonchev–Trinajstić information content (AvgIpc) is 2.74. The molecule has 7 nitrogen and oxygen atoms in total. The molecular formula is C25H30N4O3. The molecule has 0 saturated heterocycles. The lowest BCUT2D eigenvalue weighted by molar-refractivity contribution is 0.354. The Bertz CT molecular complexity index is 1310. The monoisotopic (exact) mass is 434 g/mol. The van der Waals surface area contributed by atoms with Gasteiger partial charge in [-0.2, -0.15) is 0 Å². The van der Waals surface area contributed by atoms with Gasteiger partial charge in [0.15, 0.2) is 11.5 Å². The summed E-state index contributed by atoms with van der Waals surface area (Å²) in [4.78, 5) is 18.4. The largest absolute Gasteiger partial charge is 0.493 e. The first-order chi connectivity index (χ1) is 15.2. The van der Waals surface area contributed by atoms with Crippen molar-refractivity contribution in [2.24, 2.45) is 10.7 Å². The van der Waals surface area contributed by atoms with Crippen molar-refractivity contribution >= 4 is 5.69 Å². The molecule has 3 aromatic rings. The van der Waals surface area contributed by atoms with E-state index < -0.39 is 6.17 Å². The first-order valence-corrected chi connectivity index (χ1v) is 10.7. The molecule has 2 heterocycles. The molecule has 0 saturated carbocycles. The summed E-state index contributed by atoms with van der Waals surface area (Å²) in [5, 5.41) is 0. The van der Waals surface area contributed by atoms with Crippen molar-refractivity contribution in [3.63, 3.8) is 0 Å². The maximum absolute atomic E-state index is 13.5. The molecule has 1 aliphatic heterocycles. The summed E-state index contributed by atoms with van der Waals surface area (Å²) in [5.74, 6) is 1.30. The highest BCUT2D eigenvalue weighted by Crippen LogP contribution is 2.37. The number of ether oxygens (including phenoxy) is 2. The molecule has 1 atom stereocenters. The summed E-state index contributed by atoms with van der Waals surface area (Å²) in [6.07, 6.45) is 0.200. The summed E-state index contributed by atoms with van der Waals surface area (Å²) in [6.45, 7) is 8.49. The van der Waals surface area contributed by atoms with Crippen LogP contribution in [0, 0.1) is 20.8 Å². The molecule has 0 radical (unpaired) electrons. The Labute approximate surface area is 187 Å². The highest BCUT2D eigenvalue weighted by Gasteiger charge is 2.23. The predicted octanol–water partition coefficient (Wildman–Crippen LogP) is 3.52. The normalized spacial score (nSPS) is 14.0. The van der Waals surface area contributed by atoms with E-state index in [1.165, 1.54) is 5.56 Å². The van der Waals surface area contributed by atoms with Gasteiger partial charge in [0.1, 0.15) is 5.49 Å². The molecule has 32 heavy (non-hydrogen) atoms. The lowest BCUT2D eigenvalue weighted by Crippen LogP contribution is -2.45. The Kier molecular flexibility index (Phi) is 5.69. The number of rotatable bonds is 4. The lowest BCUT2D eigenvalue weighted by Gasteiger charge is -2.25. The summed E-state index contributed by atoms with van der Waals surface area (Å²) in [6, 6.07) is 10.1. The van der Waals surface area contributed by atoms with E-state index in [1.54, 1.807) is 30.3 Å². The van der Waals surface area contributed by atoms with Gasteiger partial charge in [0.25, 0.3) is 0 Å². The van der Waals surface area contributed by atoms with Crippen LogP contribution in [0.25, 0.3) is 11.3 Å². The Morgan fingerprint density at radius 3 is 2.22 bits per heavy atom. The van der Waals surface area contributed by atoms with Gasteiger partial charge in [0.05, 0.1) is 31.8 Å².